The summed E-state index contributed by atoms with van der Waals surface area (Å²) in [5.74, 6) is -0.237. The van der Waals surface area contributed by atoms with Gasteiger partial charge in [0.05, 0.1) is 11.7 Å². The molecule has 2 aromatic rings. The van der Waals surface area contributed by atoms with E-state index in [4.69, 9.17) is 17.0 Å². The minimum absolute atomic E-state index is 0.198. The van der Waals surface area contributed by atoms with Crippen LogP contribution in [0.4, 0.5) is 0 Å². The van der Waals surface area contributed by atoms with Crippen LogP contribution in [-0.4, -0.2) is 35.3 Å². The predicted molar refractivity (Wildman–Crippen MR) is 88.5 cm³/mol. The highest BCUT2D eigenvalue weighted by molar-refractivity contribution is 7.80. The molecule has 0 saturated carbocycles. The zero-order valence-corrected chi connectivity index (χ0v) is 12.8. The number of benzene rings is 1. The number of hydrazine groups is 1. The van der Waals surface area contributed by atoms with Crippen molar-refractivity contribution in [2.24, 2.45) is 0 Å². The molecular formula is C15H18N4O2S. The molecular weight excluding hydrogens is 300 g/mol. The van der Waals surface area contributed by atoms with Gasteiger partial charge in [-0.15, -0.1) is 0 Å². The average Bonchev–Trinajstić information content (AvgIpc) is 3.19. The van der Waals surface area contributed by atoms with Gasteiger partial charge in [-0.05, 0) is 31.1 Å². The number of aromatic amines is 1. The molecule has 1 aliphatic rings. The number of carbonyl (C=O) groups is 1. The van der Waals surface area contributed by atoms with Crippen LogP contribution >= 0.6 is 12.2 Å². The molecule has 0 spiro atoms. The van der Waals surface area contributed by atoms with Gasteiger partial charge in [0, 0.05) is 30.3 Å². The molecule has 22 heavy (non-hydrogen) atoms. The minimum atomic E-state index is -0.237. The average molecular weight is 318 g/mol. The Balaban J connectivity index is 1.50. The fraction of sp³-hybridized carbons (Fsp3) is 0.333. The van der Waals surface area contributed by atoms with Crippen molar-refractivity contribution in [3.8, 4) is 0 Å². The van der Waals surface area contributed by atoms with E-state index in [0.29, 0.717) is 17.2 Å². The highest BCUT2D eigenvalue weighted by Gasteiger charge is 2.16. The molecule has 4 N–H and O–H groups in total. The lowest BCUT2D eigenvalue weighted by atomic mass is 10.2. The Hall–Kier alpha value is -2.12. The second-order valence-electron chi connectivity index (χ2n) is 5.17. The minimum Gasteiger partial charge on any atom is -0.376 e. The van der Waals surface area contributed by atoms with Gasteiger partial charge in [-0.25, -0.2) is 0 Å². The number of aromatic nitrogens is 1. The Morgan fingerprint density at radius 1 is 1.36 bits per heavy atom. The predicted octanol–water partition coefficient (Wildman–Crippen LogP) is 1.46. The van der Waals surface area contributed by atoms with Gasteiger partial charge < -0.3 is 15.0 Å². The molecule has 1 aromatic heterocycles. The van der Waals surface area contributed by atoms with E-state index in [1.165, 1.54) is 0 Å². The number of fused-ring (bicyclic) bond motifs is 1. The number of para-hydroxylation sites is 1. The van der Waals surface area contributed by atoms with Gasteiger partial charge in [-0.1, -0.05) is 18.2 Å². The lowest BCUT2D eigenvalue weighted by Crippen LogP contribution is -2.48. The number of H-pyrrole nitrogens is 1. The largest absolute Gasteiger partial charge is 0.376 e. The van der Waals surface area contributed by atoms with Crippen molar-refractivity contribution in [2.45, 2.75) is 18.9 Å². The fourth-order valence-corrected chi connectivity index (χ4v) is 2.63. The van der Waals surface area contributed by atoms with Crippen LogP contribution in [0.25, 0.3) is 10.9 Å². The molecule has 0 aliphatic carbocycles. The molecule has 1 aliphatic heterocycles. The fourth-order valence-electron chi connectivity index (χ4n) is 2.50. The SMILES string of the molecule is O=C(NNC(=S)NC[C@H]1CCCO1)c1c[nH]c2ccccc12. The normalized spacial score (nSPS) is 17.4. The molecule has 1 saturated heterocycles. The first-order valence-electron chi connectivity index (χ1n) is 7.26. The lowest BCUT2D eigenvalue weighted by molar-refractivity contribution is 0.0945. The smallest absolute Gasteiger partial charge is 0.271 e. The highest BCUT2D eigenvalue weighted by Crippen LogP contribution is 2.17. The van der Waals surface area contributed by atoms with E-state index in [9.17, 15) is 4.79 Å². The third-order valence-corrected chi connectivity index (χ3v) is 3.88. The van der Waals surface area contributed by atoms with Crippen LogP contribution in [0.5, 0.6) is 0 Å². The van der Waals surface area contributed by atoms with E-state index in [0.717, 1.165) is 30.4 Å². The van der Waals surface area contributed by atoms with Gasteiger partial charge in [0.15, 0.2) is 5.11 Å². The number of carbonyl (C=O) groups excluding carboxylic acids is 1. The van der Waals surface area contributed by atoms with E-state index in [1.54, 1.807) is 6.20 Å². The molecule has 6 nitrogen and oxygen atoms in total. The van der Waals surface area contributed by atoms with Gasteiger partial charge in [-0.2, -0.15) is 0 Å². The summed E-state index contributed by atoms with van der Waals surface area (Å²) in [6.07, 6.45) is 4.01. The Morgan fingerprint density at radius 2 is 2.23 bits per heavy atom. The second-order valence-corrected chi connectivity index (χ2v) is 5.58. The summed E-state index contributed by atoms with van der Waals surface area (Å²) in [6.45, 7) is 1.46. The summed E-state index contributed by atoms with van der Waals surface area (Å²) in [6, 6.07) is 7.64. The van der Waals surface area contributed by atoms with Gasteiger partial charge in [0.25, 0.3) is 5.91 Å². The monoisotopic (exact) mass is 318 g/mol. The van der Waals surface area contributed by atoms with Crippen molar-refractivity contribution >= 4 is 34.1 Å². The van der Waals surface area contributed by atoms with E-state index < -0.39 is 0 Å². The number of hydrogen-bond donors (Lipinski definition) is 4. The van der Waals surface area contributed by atoms with Gasteiger partial charge in [0.2, 0.25) is 0 Å². The Kier molecular flexibility index (Phi) is 4.55. The molecule has 3 rings (SSSR count). The van der Waals surface area contributed by atoms with Crippen molar-refractivity contribution in [3.05, 3.63) is 36.0 Å². The third-order valence-electron chi connectivity index (χ3n) is 3.64. The Labute approximate surface area is 133 Å². The lowest BCUT2D eigenvalue weighted by Gasteiger charge is -2.14. The van der Waals surface area contributed by atoms with Crippen molar-refractivity contribution in [1.29, 1.82) is 0 Å². The van der Waals surface area contributed by atoms with E-state index in [-0.39, 0.29) is 12.0 Å². The molecule has 1 fully saturated rings. The van der Waals surface area contributed by atoms with Gasteiger partial charge in [0.1, 0.15) is 0 Å². The maximum absolute atomic E-state index is 12.2. The van der Waals surface area contributed by atoms with Crippen LogP contribution in [-0.2, 0) is 4.74 Å². The Bertz CT molecular complexity index is 679. The number of thiocarbonyl (C=S) groups is 1. The summed E-state index contributed by atoms with van der Waals surface area (Å²) in [5, 5.41) is 4.29. The van der Waals surface area contributed by atoms with Crippen LogP contribution in [0.15, 0.2) is 30.5 Å². The molecule has 1 atom stereocenters. The first-order valence-corrected chi connectivity index (χ1v) is 7.67. The van der Waals surface area contributed by atoms with Crippen LogP contribution in [0, 0.1) is 0 Å². The summed E-state index contributed by atoms with van der Waals surface area (Å²) >= 11 is 5.13. The molecule has 1 amide bonds. The first-order chi connectivity index (χ1) is 10.7. The molecule has 7 heteroatoms. The maximum Gasteiger partial charge on any atom is 0.271 e. The topological polar surface area (TPSA) is 78.2 Å². The molecule has 0 radical (unpaired) electrons. The van der Waals surface area contributed by atoms with Crippen molar-refractivity contribution in [3.63, 3.8) is 0 Å². The van der Waals surface area contributed by atoms with Gasteiger partial charge in [-0.3, -0.25) is 15.6 Å². The van der Waals surface area contributed by atoms with Crippen molar-refractivity contribution in [2.75, 3.05) is 13.2 Å². The highest BCUT2D eigenvalue weighted by atomic mass is 32.1. The van der Waals surface area contributed by atoms with Crippen molar-refractivity contribution < 1.29 is 9.53 Å². The first kappa shape index (κ1) is 14.8. The number of hydrogen-bond acceptors (Lipinski definition) is 3. The summed E-state index contributed by atoms with van der Waals surface area (Å²) < 4.78 is 5.49. The summed E-state index contributed by atoms with van der Waals surface area (Å²) in [7, 11) is 0. The quantitative estimate of drug-likeness (QED) is 0.509. The summed E-state index contributed by atoms with van der Waals surface area (Å²) in [4.78, 5) is 15.2. The number of rotatable bonds is 3. The molecule has 1 aromatic carbocycles. The van der Waals surface area contributed by atoms with Gasteiger partial charge >= 0.3 is 0 Å². The summed E-state index contributed by atoms with van der Waals surface area (Å²) in [5.41, 5.74) is 6.81. The second kappa shape index (κ2) is 6.76. The molecule has 0 unspecified atom stereocenters. The van der Waals surface area contributed by atoms with Crippen LogP contribution < -0.4 is 16.2 Å². The zero-order chi connectivity index (χ0) is 15.4. The standard InChI is InChI=1S/C15H18N4O2S/c20-14(12-9-16-13-6-2-1-5-11(12)13)18-19-15(22)17-8-10-4-3-7-21-10/h1-2,5-6,9-10,16H,3-4,7-8H2,(H,18,20)(H2,17,19,22)/t10-/m1/s1. The molecule has 2 heterocycles. The zero-order valence-electron chi connectivity index (χ0n) is 12.0. The van der Waals surface area contributed by atoms with E-state index in [2.05, 4.69) is 21.2 Å². The van der Waals surface area contributed by atoms with Crippen LogP contribution in [0.2, 0.25) is 0 Å². The van der Waals surface area contributed by atoms with Crippen molar-refractivity contribution in [1.82, 2.24) is 21.2 Å². The number of ether oxygens (including phenoxy) is 1. The third kappa shape index (κ3) is 3.37. The van der Waals surface area contributed by atoms with E-state index >= 15 is 0 Å². The van der Waals surface area contributed by atoms with E-state index in [1.807, 2.05) is 24.3 Å². The maximum atomic E-state index is 12.2. The number of amides is 1. The molecule has 116 valence electrons. The molecule has 0 bridgehead atoms. The Morgan fingerprint density at radius 3 is 3.05 bits per heavy atom. The van der Waals surface area contributed by atoms with Crippen LogP contribution in [0.1, 0.15) is 23.2 Å². The van der Waals surface area contributed by atoms with Crippen LogP contribution in [0.3, 0.4) is 0 Å². The number of nitrogens with one attached hydrogen (secondary N) is 4.